The number of hydrogen-bond acceptors (Lipinski definition) is 9. The van der Waals surface area contributed by atoms with Gasteiger partial charge in [0.2, 0.25) is 17.7 Å². The van der Waals surface area contributed by atoms with Gasteiger partial charge in [-0.2, -0.15) is 0 Å². The molecule has 12 heteroatoms. The average Bonchev–Trinajstić information content (AvgIpc) is 3.17. The molecule has 192 valence electrons. The number of carbonyl (C=O) groups excluding carboxylic acids is 4. The third kappa shape index (κ3) is 7.80. The van der Waals surface area contributed by atoms with Crippen molar-refractivity contribution in [2.45, 2.75) is 25.4 Å². The van der Waals surface area contributed by atoms with E-state index in [1.165, 1.54) is 4.90 Å². The van der Waals surface area contributed by atoms with E-state index in [2.05, 4.69) is 10.6 Å². The number of nitrogens with one attached hydrogen (secondary N) is 2. The fraction of sp³-hybridized carbons (Fsp3) is 0.565. The van der Waals surface area contributed by atoms with E-state index < -0.39 is 11.9 Å². The molecule has 2 heterocycles. The first-order chi connectivity index (χ1) is 17.0. The number of ether oxygens (including phenoxy) is 4. The Morgan fingerprint density at radius 3 is 2.31 bits per heavy atom. The first-order valence-electron chi connectivity index (χ1n) is 11.5. The van der Waals surface area contributed by atoms with Gasteiger partial charge in [-0.25, -0.2) is 0 Å². The van der Waals surface area contributed by atoms with E-state index >= 15 is 0 Å². The molecular weight excluding hydrogens is 462 g/mol. The quantitative estimate of drug-likeness (QED) is 0.216. The Morgan fingerprint density at radius 1 is 1.00 bits per heavy atom. The Balaban J connectivity index is 1.35. The Bertz CT molecular complexity index is 908. The van der Waals surface area contributed by atoms with Crippen molar-refractivity contribution in [3.63, 3.8) is 0 Å². The maximum absolute atomic E-state index is 12.8. The minimum atomic E-state index is -0.718. The largest absolute Gasteiger partial charge is 0.394 e. The summed E-state index contributed by atoms with van der Waals surface area (Å²) in [4.78, 5) is 50.2. The fourth-order valence-electron chi connectivity index (χ4n) is 3.78. The van der Waals surface area contributed by atoms with Crippen LogP contribution in [0.25, 0.3) is 0 Å². The van der Waals surface area contributed by atoms with Crippen molar-refractivity contribution in [2.75, 3.05) is 64.8 Å². The van der Waals surface area contributed by atoms with Crippen molar-refractivity contribution in [3.05, 3.63) is 29.3 Å². The average molecular weight is 494 g/mol. The zero-order valence-electron chi connectivity index (χ0n) is 19.5. The van der Waals surface area contributed by atoms with E-state index in [4.69, 9.17) is 24.1 Å². The summed E-state index contributed by atoms with van der Waals surface area (Å²) in [6.45, 7) is 2.38. The lowest BCUT2D eigenvalue weighted by atomic mass is 10.0. The van der Waals surface area contributed by atoms with Gasteiger partial charge < -0.3 is 34.3 Å². The lowest BCUT2D eigenvalue weighted by Gasteiger charge is -2.29. The number of nitrogens with zero attached hydrogens (tertiary/aromatic N) is 1. The molecule has 2 aliphatic rings. The monoisotopic (exact) mass is 493 g/mol. The molecule has 0 saturated carbocycles. The minimum Gasteiger partial charge on any atom is -0.394 e. The second-order valence-corrected chi connectivity index (χ2v) is 7.89. The van der Waals surface area contributed by atoms with Crippen LogP contribution in [0.15, 0.2) is 18.2 Å². The molecule has 0 aliphatic carbocycles. The Kier molecular flexibility index (Phi) is 10.6. The van der Waals surface area contributed by atoms with Crippen LogP contribution in [0.5, 0.6) is 0 Å². The summed E-state index contributed by atoms with van der Waals surface area (Å²) >= 11 is 0. The van der Waals surface area contributed by atoms with E-state index in [1.54, 1.807) is 18.2 Å². The highest BCUT2D eigenvalue weighted by molar-refractivity contribution is 6.06. The number of fused-ring (bicyclic) bond motifs is 1. The molecular formula is C23H31N3O9. The number of amides is 4. The molecule has 1 fully saturated rings. The third-order valence-corrected chi connectivity index (χ3v) is 5.44. The van der Waals surface area contributed by atoms with Crippen LogP contribution >= 0.6 is 0 Å². The second kappa shape index (κ2) is 13.9. The van der Waals surface area contributed by atoms with Crippen molar-refractivity contribution >= 4 is 29.3 Å². The lowest BCUT2D eigenvalue weighted by molar-refractivity contribution is -0.137. The van der Waals surface area contributed by atoms with Crippen LogP contribution < -0.4 is 10.6 Å². The molecule has 1 unspecified atom stereocenters. The van der Waals surface area contributed by atoms with E-state index in [-0.39, 0.29) is 63.5 Å². The summed E-state index contributed by atoms with van der Waals surface area (Å²) in [5.74, 6) is -1.51. The molecule has 12 nitrogen and oxygen atoms in total. The number of hydrogen-bond donors (Lipinski definition) is 3. The highest BCUT2D eigenvalue weighted by Crippen LogP contribution is 2.32. The van der Waals surface area contributed by atoms with Crippen molar-refractivity contribution in [1.82, 2.24) is 10.2 Å². The highest BCUT2D eigenvalue weighted by atomic mass is 16.6. The van der Waals surface area contributed by atoms with Gasteiger partial charge in [0.05, 0.1) is 52.9 Å². The van der Waals surface area contributed by atoms with Crippen LogP contribution in [0.3, 0.4) is 0 Å². The first-order valence-corrected chi connectivity index (χ1v) is 11.5. The van der Waals surface area contributed by atoms with Crippen LogP contribution in [-0.2, 0) is 39.9 Å². The molecule has 3 rings (SSSR count). The molecule has 0 bridgehead atoms. The molecule has 4 amide bonds. The number of aliphatic hydroxyl groups excluding tert-OH is 1. The number of aliphatic hydroxyl groups is 1. The van der Waals surface area contributed by atoms with Gasteiger partial charge >= 0.3 is 0 Å². The van der Waals surface area contributed by atoms with Crippen molar-refractivity contribution in [1.29, 1.82) is 0 Å². The smallest absolute Gasteiger partial charge is 0.255 e. The van der Waals surface area contributed by atoms with E-state index in [0.717, 1.165) is 0 Å². The molecule has 2 aliphatic heterocycles. The molecule has 1 aromatic rings. The summed E-state index contributed by atoms with van der Waals surface area (Å²) in [6.07, 6.45) is 0.446. The summed E-state index contributed by atoms with van der Waals surface area (Å²) in [7, 11) is 0. The lowest BCUT2D eigenvalue weighted by Crippen LogP contribution is -2.52. The summed E-state index contributed by atoms with van der Waals surface area (Å²) in [6, 6.07) is 4.29. The SMILES string of the molecule is O=C1CCC(N2Cc3c(NC(=O)COCCOCCOCCOCCO)cccc3C2=O)C(=O)N1. The van der Waals surface area contributed by atoms with Crippen LogP contribution in [0.4, 0.5) is 5.69 Å². The predicted molar refractivity (Wildman–Crippen MR) is 121 cm³/mol. The van der Waals surface area contributed by atoms with Gasteiger partial charge in [0, 0.05) is 29.8 Å². The zero-order valence-corrected chi connectivity index (χ0v) is 19.5. The van der Waals surface area contributed by atoms with Crippen LogP contribution in [0, 0.1) is 0 Å². The normalized spacial score (nSPS) is 17.5. The first kappa shape index (κ1) is 26.7. The molecule has 0 spiro atoms. The van der Waals surface area contributed by atoms with Crippen LogP contribution in [0.1, 0.15) is 28.8 Å². The number of piperidine rings is 1. The predicted octanol–water partition coefficient (Wildman–Crippen LogP) is -0.555. The van der Waals surface area contributed by atoms with Crippen LogP contribution in [-0.4, -0.2) is 99.1 Å². The Morgan fingerprint density at radius 2 is 1.66 bits per heavy atom. The second-order valence-electron chi connectivity index (χ2n) is 7.89. The van der Waals surface area contributed by atoms with Crippen molar-refractivity contribution < 1.29 is 43.2 Å². The third-order valence-electron chi connectivity index (χ3n) is 5.44. The maximum Gasteiger partial charge on any atom is 0.255 e. The molecule has 1 atom stereocenters. The summed E-state index contributed by atoms with van der Waals surface area (Å²) in [5, 5.41) is 13.6. The van der Waals surface area contributed by atoms with E-state index in [1.807, 2.05) is 0 Å². The number of rotatable bonds is 15. The van der Waals surface area contributed by atoms with Gasteiger partial charge in [-0.3, -0.25) is 24.5 Å². The minimum absolute atomic E-state index is 0.0163. The Labute approximate surface area is 202 Å². The molecule has 3 N–H and O–H groups in total. The highest BCUT2D eigenvalue weighted by Gasteiger charge is 2.39. The fourth-order valence-corrected chi connectivity index (χ4v) is 3.78. The topological polar surface area (TPSA) is 153 Å². The zero-order chi connectivity index (χ0) is 25.0. The molecule has 1 saturated heterocycles. The molecule has 35 heavy (non-hydrogen) atoms. The van der Waals surface area contributed by atoms with Gasteiger partial charge in [0.15, 0.2) is 0 Å². The van der Waals surface area contributed by atoms with Gasteiger partial charge in [-0.05, 0) is 18.6 Å². The van der Waals surface area contributed by atoms with Crippen LogP contribution in [0.2, 0.25) is 0 Å². The maximum atomic E-state index is 12.8. The summed E-state index contributed by atoms with van der Waals surface area (Å²) in [5.41, 5.74) is 1.53. The number of carbonyl (C=O) groups is 4. The van der Waals surface area contributed by atoms with E-state index in [0.29, 0.717) is 49.8 Å². The van der Waals surface area contributed by atoms with Gasteiger partial charge in [-0.1, -0.05) is 6.07 Å². The van der Waals surface area contributed by atoms with Gasteiger partial charge in [0.25, 0.3) is 5.91 Å². The Hall–Kier alpha value is -2.90. The molecule has 1 aromatic carbocycles. The number of imide groups is 1. The van der Waals surface area contributed by atoms with Gasteiger partial charge in [0.1, 0.15) is 12.6 Å². The van der Waals surface area contributed by atoms with Gasteiger partial charge in [-0.15, -0.1) is 0 Å². The van der Waals surface area contributed by atoms with Crippen molar-refractivity contribution in [2.24, 2.45) is 0 Å². The van der Waals surface area contributed by atoms with Crippen molar-refractivity contribution in [3.8, 4) is 0 Å². The standard InChI is InChI=1S/C23H31N3O9/c27-6-7-32-8-9-33-10-11-34-12-13-35-15-21(29)24-18-3-1-2-16-17(18)14-26(23(16)31)19-4-5-20(28)25-22(19)30/h1-3,19,27H,4-15H2,(H,24,29)(H,25,28,30). The van der Waals surface area contributed by atoms with E-state index in [9.17, 15) is 19.2 Å². The molecule has 0 aromatic heterocycles. The number of benzene rings is 1. The number of anilines is 1. The molecule has 0 radical (unpaired) electrons. The summed E-state index contributed by atoms with van der Waals surface area (Å²) < 4.78 is 21.0.